The maximum absolute atomic E-state index is 13.3. The molecule has 0 aromatic heterocycles. The second-order valence-corrected chi connectivity index (χ2v) is 7.94. The van der Waals surface area contributed by atoms with Crippen LogP contribution in [-0.4, -0.2) is 26.3 Å². The number of halogens is 5. The highest BCUT2D eigenvalue weighted by Crippen LogP contribution is 2.49. The van der Waals surface area contributed by atoms with Crippen LogP contribution in [0.25, 0.3) is 0 Å². The van der Waals surface area contributed by atoms with Crippen molar-refractivity contribution in [3.63, 3.8) is 0 Å². The average Bonchev–Trinajstić information content (AvgIpc) is 2.61. The predicted octanol–water partition coefficient (Wildman–Crippen LogP) is 5.88. The molecule has 2 aromatic rings. The first kappa shape index (κ1) is 23.2. The summed E-state index contributed by atoms with van der Waals surface area (Å²) < 4.78 is 46.2. The van der Waals surface area contributed by atoms with Crippen LogP contribution >= 0.6 is 40.1 Å². The van der Waals surface area contributed by atoms with Crippen molar-refractivity contribution in [2.24, 2.45) is 5.73 Å². The Kier molecular flexibility index (Phi) is 8.32. The highest BCUT2D eigenvalue weighted by molar-refractivity contribution is 9.10. The Labute approximate surface area is 180 Å². The van der Waals surface area contributed by atoms with Gasteiger partial charge in [0.1, 0.15) is 0 Å². The summed E-state index contributed by atoms with van der Waals surface area (Å²) in [5.41, 5.74) is 6.64. The van der Waals surface area contributed by atoms with Crippen molar-refractivity contribution in [1.82, 2.24) is 0 Å². The van der Waals surface area contributed by atoms with Gasteiger partial charge in [0.05, 0.1) is 29.2 Å². The second kappa shape index (κ2) is 10.1. The second-order valence-electron chi connectivity index (χ2n) is 5.94. The fourth-order valence-electron chi connectivity index (χ4n) is 2.65. The molecule has 4 N–H and O–H groups in total. The number of nitrogens with one attached hydrogen (secondary N) is 2. The van der Waals surface area contributed by atoms with E-state index >= 15 is 0 Å². The van der Waals surface area contributed by atoms with Crippen LogP contribution in [0.5, 0.6) is 0 Å². The lowest BCUT2D eigenvalue weighted by molar-refractivity contribution is -0.137. The van der Waals surface area contributed by atoms with Gasteiger partial charge in [0.2, 0.25) is 0 Å². The van der Waals surface area contributed by atoms with Crippen molar-refractivity contribution >= 4 is 57.2 Å². The van der Waals surface area contributed by atoms with Gasteiger partial charge in [0.15, 0.2) is 0 Å². The first-order valence-corrected chi connectivity index (χ1v) is 10.0. The Morgan fingerprint density at radius 2 is 1.93 bits per heavy atom. The molecule has 0 fully saturated rings. The van der Waals surface area contributed by atoms with Crippen LogP contribution in [0.3, 0.4) is 0 Å². The summed E-state index contributed by atoms with van der Waals surface area (Å²) in [6.07, 6.45) is -3.74. The van der Waals surface area contributed by atoms with Crippen LogP contribution in [0.2, 0.25) is 0 Å². The molecule has 0 aliphatic carbocycles. The number of hydrogen-bond acceptors (Lipinski definition) is 5. The number of anilines is 3. The van der Waals surface area contributed by atoms with E-state index in [1.54, 1.807) is 0 Å². The first-order valence-electron chi connectivity index (χ1n) is 8.40. The Morgan fingerprint density at radius 1 is 1.14 bits per heavy atom. The molecule has 0 atom stereocenters. The normalized spacial score (nSPS) is 12.5. The van der Waals surface area contributed by atoms with Crippen LogP contribution < -0.4 is 16.4 Å². The van der Waals surface area contributed by atoms with E-state index in [0.717, 1.165) is 21.1 Å². The van der Waals surface area contributed by atoms with Crippen molar-refractivity contribution in [1.29, 1.82) is 0 Å². The molecule has 28 heavy (non-hydrogen) atoms. The monoisotopic (exact) mass is 497 g/mol. The molecule has 3 rings (SSSR count). The maximum atomic E-state index is 13.3. The van der Waals surface area contributed by atoms with Crippen LogP contribution in [0.1, 0.15) is 12.0 Å². The number of rotatable bonds is 7. The lowest BCUT2D eigenvalue weighted by Crippen LogP contribution is -2.14. The number of benzene rings is 2. The Balaban J connectivity index is 0.00000280. The molecule has 0 saturated heterocycles. The molecule has 0 spiro atoms. The third-order valence-corrected chi connectivity index (χ3v) is 5.49. The van der Waals surface area contributed by atoms with Gasteiger partial charge in [-0.3, -0.25) is 0 Å². The number of alkyl halides is 3. The van der Waals surface area contributed by atoms with Gasteiger partial charge < -0.3 is 21.1 Å². The zero-order valence-electron chi connectivity index (χ0n) is 14.7. The third-order valence-electron chi connectivity index (χ3n) is 3.90. The molecule has 1 aliphatic heterocycles. The number of ether oxygens (including phenoxy) is 1. The molecule has 0 bridgehead atoms. The number of nitrogens with two attached hydrogens (primary N) is 1. The largest absolute Gasteiger partial charge is 0.416 e. The summed E-state index contributed by atoms with van der Waals surface area (Å²) >= 11 is 4.72. The van der Waals surface area contributed by atoms with Gasteiger partial charge in [-0.2, -0.15) is 13.2 Å². The van der Waals surface area contributed by atoms with Gasteiger partial charge in [-0.25, -0.2) is 0 Å². The molecule has 0 unspecified atom stereocenters. The van der Waals surface area contributed by atoms with Gasteiger partial charge in [-0.15, -0.1) is 12.4 Å². The zero-order valence-corrected chi connectivity index (χ0v) is 18.0. The van der Waals surface area contributed by atoms with Crippen molar-refractivity contribution in [3.8, 4) is 0 Å². The van der Waals surface area contributed by atoms with E-state index in [0.29, 0.717) is 49.0 Å². The van der Waals surface area contributed by atoms with E-state index in [4.69, 9.17) is 10.5 Å². The van der Waals surface area contributed by atoms with Crippen LogP contribution in [0.15, 0.2) is 44.6 Å². The SMILES string of the molecule is Cl.NCCOCCCNc1cc(C(F)(F)F)cc2c1Nc1ccc(Br)cc1S2. The molecule has 2 aromatic carbocycles. The van der Waals surface area contributed by atoms with Crippen LogP contribution in [-0.2, 0) is 10.9 Å². The molecule has 4 nitrogen and oxygen atoms in total. The van der Waals surface area contributed by atoms with Gasteiger partial charge in [-0.1, -0.05) is 27.7 Å². The van der Waals surface area contributed by atoms with E-state index in [2.05, 4.69) is 26.6 Å². The Hall–Kier alpha value is -1.13. The Morgan fingerprint density at radius 3 is 2.64 bits per heavy atom. The van der Waals surface area contributed by atoms with Gasteiger partial charge >= 0.3 is 6.18 Å². The van der Waals surface area contributed by atoms with E-state index in [1.165, 1.54) is 17.8 Å². The highest BCUT2D eigenvalue weighted by atomic mass is 79.9. The Bertz CT molecular complexity index is 823. The molecule has 10 heteroatoms. The van der Waals surface area contributed by atoms with Crippen molar-refractivity contribution in [3.05, 3.63) is 40.4 Å². The minimum atomic E-state index is -4.41. The maximum Gasteiger partial charge on any atom is 0.416 e. The quantitative estimate of drug-likeness (QED) is 0.355. The zero-order chi connectivity index (χ0) is 19.4. The summed E-state index contributed by atoms with van der Waals surface area (Å²) in [5, 5.41) is 6.36. The van der Waals surface area contributed by atoms with Gasteiger partial charge in [-0.05, 0) is 36.8 Å². The third kappa shape index (κ3) is 5.70. The predicted molar refractivity (Wildman–Crippen MR) is 113 cm³/mol. The van der Waals surface area contributed by atoms with Crippen molar-refractivity contribution < 1.29 is 17.9 Å². The number of fused-ring (bicyclic) bond motifs is 2. The summed E-state index contributed by atoms with van der Waals surface area (Å²) in [4.78, 5) is 1.41. The summed E-state index contributed by atoms with van der Waals surface area (Å²) in [7, 11) is 0. The topological polar surface area (TPSA) is 59.3 Å². The standard InChI is InChI=1S/C18H19BrF3N3OS.ClH/c19-12-2-3-13-15(10-12)27-16-9-11(18(20,21)22)8-14(17(16)25-13)24-5-1-6-26-7-4-23;/h2-3,8-10,24-25H,1,4-7,23H2;1H. The lowest BCUT2D eigenvalue weighted by Gasteiger charge is -2.25. The minimum absolute atomic E-state index is 0. The first-order chi connectivity index (χ1) is 12.9. The molecule has 0 saturated carbocycles. The molecule has 154 valence electrons. The van der Waals surface area contributed by atoms with E-state index in [-0.39, 0.29) is 12.4 Å². The smallest absolute Gasteiger partial charge is 0.383 e. The molecule has 0 amide bonds. The van der Waals surface area contributed by atoms with E-state index in [1.807, 2.05) is 18.2 Å². The fraction of sp³-hybridized carbons (Fsp3) is 0.333. The van der Waals surface area contributed by atoms with E-state index in [9.17, 15) is 13.2 Å². The van der Waals surface area contributed by atoms with Crippen LogP contribution in [0.4, 0.5) is 30.2 Å². The number of hydrogen-bond donors (Lipinski definition) is 3. The van der Waals surface area contributed by atoms with Gasteiger partial charge in [0, 0.05) is 34.0 Å². The van der Waals surface area contributed by atoms with Crippen molar-refractivity contribution in [2.75, 3.05) is 36.9 Å². The fourth-order valence-corrected chi connectivity index (χ4v) is 4.26. The molecular formula is C18H20BrClF3N3OS. The van der Waals surface area contributed by atoms with Crippen LogP contribution in [0, 0.1) is 0 Å². The van der Waals surface area contributed by atoms with Gasteiger partial charge in [0.25, 0.3) is 0 Å². The highest BCUT2D eigenvalue weighted by Gasteiger charge is 2.33. The molecular weight excluding hydrogens is 479 g/mol. The van der Waals surface area contributed by atoms with E-state index < -0.39 is 11.7 Å². The summed E-state index contributed by atoms with van der Waals surface area (Å²) in [6.45, 7) is 1.93. The lowest BCUT2D eigenvalue weighted by atomic mass is 10.1. The molecule has 1 aliphatic rings. The average molecular weight is 499 g/mol. The molecule has 0 radical (unpaired) electrons. The summed E-state index contributed by atoms with van der Waals surface area (Å²) in [5.74, 6) is 0. The minimum Gasteiger partial charge on any atom is -0.383 e. The summed E-state index contributed by atoms with van der Waals surface area (Å²) in [6, 6.07) is 8.02. The van der Waals surface area contributed by atoms with Crippen molar-refractivity contribution in [2.45, 2.75) is 22.4 Å². The molecule has 1 heterocycles.